The Hall–Kier alpha value is -2.61. The maximum atomic E-state index is 13.2. The molecule has 2 saturated heterocycles. The van der Waals surface area contributed by atoms with Crippen LogP contribution < -0.4 is 15.5 Å². The third-order valence-electron chi connectivity index (χ3n) is 7.89. The molecule has 3 fully saturated rings. The molecule has 4 amide bonds. The van der Waals surface area contributed by atoms with E-state index < -0.39 is 11.6 Å². The maximum absolute atomic E-state index is 13.2. The summed E-state index contributed by atoms with van der Waals surface area (Å²) in [5.41, 5.74) is 1.71. The van der Waals surface area contributed by atoms with Gasteiger partial charge in [-0.2, -0.15) is 0 Å². The van der Waals surface area contributed by atoms with Crippen LogP contribution in [0.25, 0.3) is 0 Å². The summed E-state index contributed by atoms with van der Waals surface area (Å²) in [4.78, 5) is 44.3. The number of hydrogen-bond acceptors (Lipinski definition) is 5. The lowest BCUT2D eigenvalue weighted by molar-refractivity contribution is -0.137. The third-order valence-corrected chi connectivity index (χ3v) is 7.89. The number of imide groups is 1. The zero-order valence-corrected chi connectivity index (χ0v) is 22.4. The van der Waals surface area contributed by atoms with Crippen LogP contribution in [0.5, 0.6) is 0 Å². The first kappa shape index (κ1) is 26.5. The van der Waals surface area contributed by atoms with Crippen LogP contribution in [0, 0.1) is 18.3 Å². The van der Waals surface area contributed by atoms with Crippen LogP contribution in [0.15, 0.2) is 24.3 Å². The van der Waals surface area contributed by atoms with E-state index in [1.54, 1.807) is 0 Å². The largest absolute Gasteiger partial charge is 0.369 e. The zero-order chi connectivity index (χ0) is 25.9. The van der Waals surface area contributed by atoms with Gasteiger partial charge in [0.15, 0.2) is 0 Å². The van der Waals surface area contributed by atoms with E-state index >= 15 is 0 Å². The Labute approximate surface area is 215 Å². The van der Waals surface area contributed by atoms with E-state index in [9.17, 15) is 14.4 Å². The molecule has 36 heavy (non-hydrogen) atoms. The van der Waals surface area contributed by atoms with Gasteiger partial charge < -0.3 is 15.5 Å². The molecule has 2 atom stereocenters. The van der Waals surface area contributed by atoms with Gasteiger partial charge in [0.25, 0.3) is 5.91 Å². The van der Waals surface area contributed by atoms with Crippen molar-refractivity contribution in [3.63, 3.8) is 0 Å². The van der Waals surface area contributed by atoms with Crippen LogP contribution in [-0.2, 0) is 9.59 Å². The van der Waals surface area contributed by atoms with Gasteiger partial charge >= 0.3 is 6.03 Å². The van der Waals surface area contributed by atoms with Crippen LogP contribution in [0.1, 0.15) is 58.4 Å². The fourth-order valence-electron chi connectivity index (χ4n) is 6.59. The number of anilines is 1. The normalized spacial score (nSPS) is 26.4. The number of urea groups is 1. The van der Waals surface area contributed by atoms with Gasteiger partial charge in [-0.05, 0) is 74.6 Å². The van der Waals surface area contributed by atoms with Crippen molar-refractivity contribution in [2.75, 3.05) is 50.7 Å². The predicted octanol–water partition coefficient (Wildman–Crippen LogP) is 3.15. The number of carbonyl (C=O) groups is 3. The summed E-state index contributed by atoms with van der Waals surface area (Å²) in [6.07, 6.45) is 4.16. The Morgan fingerprint density at radius 2 is 1.86 bits per heavy atom. The fraction of sp³-hybridized carbons (Fsp3) is 0.679. The number of piperazine rings is 1. The van der Waals surface area contributed by atoms with Crippen molar-refractivity contribution in [3.05, 3.63) is 29.8 Å². The smallest absolute Gasteiger partial charge is 0.325 e. The molecular formula is C28H43N5O3. The number of hydrogen-bond donors (Lipinski definition) is 2. The summed E-state index contributed by atoms with van der Waals surface area (Å²) in [7, 11) is 0. The fourth-order valence-corrected chi connectivity index (χ4v) is 6.59. The Morgan fingerprint density at radius 3 is 2.56 bits per heavy atom. The molecule has 3 aliphatic rings. The number of carbonyl (C=O) groups excluding carboxylic acids is 3. The van der Waals surface area contributed by atoms with Gasteiger partial charge in [-0.1, -0.05) is 32.9 Å². The molecule has 0 bridgehead atoms. The Balaban J connectivity index is 1.14. The number of nitrogens with one attached hydrogen (secondary N) is 2. The van der Waals surface area contributed by atoms with Crippen LogP contribution in [0.2, 0.25) is 0 Å². The van der Waals surface area contributed by atoms with E-state index in [-0.39, 0.29) is 23.8 Å². The van der Waals surface area contributed by atoms with Gasteiger partial charge in [0.1, 0.15) is 12.1 Å². The highest BCUT2D eigenvalue weighted by Crippen LogP contribution is 2.46. The summed E-state index contributed by atoms with van der Waals surface area (Å²) in [6, 6.07) is 8.23. The molecule has 0 radical (unpaired) electrons. The van der Waals surface area contributed by atoms with Crippen LogP contribution in [-0.4, -0.2) is 79.0 Å². The molecule has 8 nitrogen and oxygen atoms in total. The van der Waals surface area contributed by atoms with Gasteiger partial charge in [0, 0.05) is 38.4 Å². The van der Waals surface area contributed by atoms with Crippen molar-refractivity contribution >= 4 is 23.5 Å². The first-order valence-electron chi connectivity index (χ1n) is 13.5. The van der Waals surface area contributed by atoms with Gasteiger partial charge in [-0.15, -0.1) is 0 Å². The monoisotopic (exact) mass is 497 g/mol. The third kappa shape index (κ3) is 6.20. The minimum Gasteiger partial charge on any atom is -0.369 e. The average Bonchev–Trinajstić information content (AvgIpc) is 3.01. The summed E-state index contributed by atoms with van der Waals surface area (Å²) >= 11 is 0. The van der Waals surface area contributed by atoms with Crippen molar-refractivity contribution in [2.24, 2.45) is 11.3 Å². The zero-order valence-electron chi connectivity index (χ0n) is 22.4. The van der Waals surface area contributed by atoms with Gasteiger partial charge in [0.2, 0.25) is 5.91 Å². The molecule has 1 aromatic rings. The molecule has 198 valence electrons. The van der Waals surface area contributed by atoms with Crippen molar-refractivity contribution in [1.29, 1.82) is 0 Å². The Bertz CT molecular complexity index is 972. The highest BCUT2D eigenvalue weighted by molar-refractivity contribution is 6.09. The predicted molar refractivity (Wildman–Crippen MR) is 142 cm³/mol. The second-order valence-corrected chi connectivity index (χ2v) is 12.0. The Kier molecular flexibility index (Phi) is 7.93. The molecule has 2 unspecified atom stereocenters. The van der Waals surface area contributed by atoms with E-state index in [1.807, 2.05) is 0 Å². The quantitative estimate of drug-likeness (QED) is 0.426. The number of aryl methyl sites for hydroxylation is 1. The highest BCUT2D eigenvalue weighted by Gasteiger charge is 2.56. The summed E-state index contributed by atoms with van der Waals surface area (Å²) in [6.45, 7) is 14.1. The van der Waals surface area contributed by atoms with E-state index in [1.165, 1.54) is 11.3 Å². The molecule has 1 aromatic carbocycles. The maximum Gasteiger partial charge on any atom is 0.325 e. The molecule has 1 spiro atoms. The summed E-state index contributed by atoms with van der Waals surface area (Å²) in [5, 5.41) is 5.84. The lowest BCUT2D eigenvalue weighted by Gasteiger charge is -2.43. The number of rotatable bonds is 8. The van der Waals surface area contributed by atoms with Gasteiger partial charge in [0.05, 0.1) is 0 Å². The second kappa shape index (κ2) is 10.8. The molecule has 1 saturated carbocycles. The minimum atomic E-state index is -0.859. The SMILES string of the molecule is Cc1cccc(N2CCN(CCCCNC(=O)CN3C(=O)NC4(CC(C)CC(C)(C)C4)C3=O)CC2)c1. The molecule has 0 aromatic heterocycles. The van der Waals surface area contributed by atoms with E-state index in [4.69, 9.17) is 0 Å². The summed E-state index contributed by atoms with van der Waals surface area (Å²) in [5.74, 6) is -0.171. The average molecular weight is 498 g/mol. The Morgan fingerprint density at radius 1 is 1.11 bits per heavy atom. The molecule has 2 heterocycles. The number of nitrogens with zero attached hydrogens (tertiary/aromatic N) is 3. The van der Waals surface area contributed by atoms with E-state index in [0.29, 0.717) is 25.3 Å². The first-order valence-corrected chi connectivity index (χ1v) is 13.5. The highest BCUT2D eigenvalue weighted by atomic mass is 16.2. The second-order valence-electron chi connectivity index (χ2n) is 12.0. The van der Waals surface area contributed by atoms with Gasteiger partial charge in [-0.3, -0.25) is 19.4 Å². The standard InChI is InChI=1S/C28H43N5O3/c1-21-8-7-9-23(16-21)32-14-12-31(13-15-32)11-6-5-10-29-24(34)19-33-25(35)28(30-26(33)36)18-22(2)17-27(3,4)20-28/h7-9,16,22H,5-6,10-15,17-20H2,1-4H3,(H,29,34)(H,30,36). The molecule has 8 heteroatoms. The van der Waals surface area contributed by atoms with Crippen molar-refractivity contribution in [3.8, 4) is 0 Å². The van der Waals surface area contributed by atoms with Crippen LogP contribution in [0.3, 0.4) is 0 Å². The lowest BCUT2D eigenvalue weighted by atomic mass is 9.64. The van der Waals surface area contributed by atoms with Crippen molar-refractivity contribution < 1.29 is 14.4 Å². The van der Waals surface area contributed by atoms with Crippen LogP contribution >= 0.6 is 0 Å². The molecule has 4 rings (SSSR count). The van der Waals surface area contributed by atoms with E-state index in [0.717, 1.165) is 56.9 Å². The summed E-state index contributed by atoms with van der Waals surface area (Å²) < 4.78 is 0. The van der Waals surface area contributed by atoms with Gasteiger partial charge in [-0.25, -0.2) is 4.79 Å². The molecule has 1 aliphatic carbocycles. The molecule has 2 N–H and O–H groups in total. The first-order chi connectivity index (χ1) is 17.1. The number of unbranched alkanes of at least 4 members (excludes halogenated alkanes) is 1. The van der Waals surface area contributed by atoms with Crippen LogP contribution in [0.4, 0.5) is 10.5 Å². The molecule has 2 aliphatic heterocycles. The minimum absolute atomic E-state index is 0.0217. The van der Waals surface area contributed by atoms with E-state index in [2.05, 4.69) is 72.4 Å². The lowest BCUT2D eigenvalue weighted by Crippen LogP contribution is -2.54. The molecular weight excluding hydrogens is 454 g/mol. The topological polar surface area (TPSA) is 85.0 Å². The number of benzene rings is 1. The number of amides is 4. The van der Waals surface area contributed by atoms with Crippen molar-refractivity contribution in [1.82, 2.24) is 20.4 Å². The van der Waals surface area contributed by atoms with Crippen molar-refractivity contribution in [2.45, 2.75) is 65.3 Å².